The van der Waals surface area contributed by atoms with E-state index in [0.717, 1.165) is 0 Å². The van der Waals surface area contributed by atoms with Crippen molar-refractivity contribution in [1.29, 1.82) is 0 Å². The Bertz CT molecular complexity index is 143. The summed E-state index contributed by atoms with van der Waals surface area (Å²) in [6, 6.07) is 0. The van der Waals surface area contributed by atoms with Crippen LogP contribution in [0.25, 0.3) is 0 Å². The number of aliphatic hydroxyl groups excluding tert-OH is 1. The van der Waals surface area contributed by atoms with Gasteiger partial charge in [0.05, 0.1) is 5.76 Å². The second-order valence-electron chi connectivity index (χ2n) is 2.27. The summed E-state index contributed by atoms with van der Waals surface area (Å²) in [5.74, 6) is -1.02. The zero-order valence-corrected chi connectivity index (χ0v) is 5.93. The lowest BCUT2D eigenvalue weighted by molar-refractivity contribution is -0.123. The average molecular weight is 146 g/mol. The van der Waals surface area contributed by atoms with Crippen molar-refractivity contribution >= 4 is 5.78 Å². The summed E-state index contributed by atoms with van der Waals surface area (Å²) >= 11 is 0. The molecule has 0 rings (SSSR count). The quantitative estimate of drug-likeness (QED) is 0.612. The number of allylic oxidation sites excluding steroid dienone is 1. The lowest BCUT2D eigenvalue weighted by Crippen LogP contribution is -2.12. The Morgan fingerprint density at radius 3 is 2.60 bits per heavy atom. The molecular formula is C7H11FO2. The number of rotatable bonds is 4. The molecule has 1 atom stereocenters. The number of halogens is 1. The van der Waals surface area contributed by atoms with Gasteiger partial charge in [-0.3, -0.25) is 4.79 Å². The molecule has 2 nitrogen and oxygen atoms in total. The Hall–Kier alpha value is -0.860. The van der Waals surface area contributed by atoms with Gasteiger partial charge in [-0.25, -0.2) is 4.39 Å². The van der Waals surface area contributed by atoms with E-state index in [4.69, 9.17) is 5.11 Å². The summed E-state index contributed by atoms with van der Waals surface area (Å²) in [6.45, 7) is 3.79. The molecule has 0 spiro atoms. The van der Waals surface area contributed by atoms with Gasteiger partial charge in [0, 0.05) is 12.3 Å². The Labute approximate surface area is 59.4 Å². The normalized spacial score (nSPS) is 12.6. The van der Waals surface area contributed by atoms with Crippen LogP contribution >= 0.6 is 0 Å². The maximum absolute atomic E-state index is 11.6. The first-order valence-electron chi connectivity index (χ1n) is 3.03. The van der Waals surface area contributed by atoms with Crippen LogP contribution in [-0.4, -0.2) is 17.6 Å². The molecule has 10 heavy (non-hydrogen) atoms. The first-order chi connectivity index (χ1) is 4.57. The van der Waals surface area contributed by atoms with Gasteiger partial charge in [0.15, 0.2) is 5.78 Å². The summed E-state index contributed by atoms with van der Waals surface area (Å²) in [7, 11) is 0. The Morgan fingerprint density at radius 2 is 2.30 bits per heavy atom. The lowest BCUT2D eigenvalue weighted by atomic mass is 10.0. The van der Waals surface area contributed by atoms with Gasteiger partial charge in [-0.05, 0) is 0 Å². The molecule has 1 unspecified atom stereocenters. The van der Waals surface area contributed by atoms with E-state index in [9.17, 15) is 9.18 Å². The predicted molar refractivity (Wildman–Crippen MR) is 36.5 cm³/mol. The lowest BCUT2D eigenvalue weighted by Gasteiger charge is -2.04. The minimum absolute atomic E-state index is 0.0747. The molecule has 1 N–H and O–H groups in total. The zero-order valence-electron chi connectivity index (χ0n) is 5.93. The van der Waals surface area contributed by atoms with E-state index in [2.05, 4.69) is 6.58 Å². The van der Waals surface area contributed by atoms with E-state index in [1.807, 2.05) is 0 Å². The SMILES string of the molecule is C=C(O)CC(C)C(=O)CF. The summed E-state index contributed by atoms with van der Waals surface area (Å²) in [5, 5.41) is 8.60. The van der Waals surface area contributed by atoms with Crippen LogP contribution in [0.4, 0.5) is 4.39 Å². The molecule has 0 radical (unpaired) electrons. The van der Waals surface area contributed by atoms with Crippen LogP contribution in [0.5, 0.6) is 0 Å². The topological polar surface area (TPSA) is 37.3 Å². The molecule has 0 bridgehead atoms. The van der Waals surface area contributed by atoms with Gasteiger partial charge in [-0.2, -0.15) is 0 Å². The Balaban J connectivity index is 3.72. The molecule has 0 heterocycles. The summed E-state index contributed by atoms with van der Waals surface area (Å²) in [5.41, 5.74) is 0. The minimum atomic E-state index is -0.964. The van der Waals surface area contributed by atoms with Crippen LogP contribution in [0.2, 0.25) is 0 Å². The van der Waals surface area contributed by atoms with Gasteiger partial charge in [0.2, 0.25) is 0 Å². The molecule has 0 aliphatic rings. The molecule has 0 fully saturated rings. The number of alkyl halides is 1. The predicted octanol–water partition coefficient (Wildman–Crippen LogP) is 1.62. The second kappa shape index (κ2) is 4.04. The zero-order chi connectivity index (χ0) is 8.15. The summed E-state index contributed by atoms with van der Waals surface area (Å²) in [4.78, 5) is 10.5. The van der Waals surface area contributed by atoms with E-state index >= 15 is 0 Å². The van der Waals surface area contributed by atoms with Crippen molar-refractivity contribution in [3.8, 4) is 0 Å². The van der Waals surface area contributed by atoms with Crippen LogP contribution in [0.3, 0.4) is 0 Å². The van der Waals surface area contributed by atoms with Crippen molar-refractivity contribution in [2.75, 3.05) is 6.67 Å². The van der Waals surface area contributed by atoms with E-state index in [-0.39, 0.29) is 12.2 Å². The van der Waals surface area contributed by atoms with Crippen molar-refractivity contribution in [2.45, 2.75) is 13.3 Å². The number of hydrogen-bond donors (Lipinski definition) is 1. The van der Waals surface area contributed by atoms with Gasteiger partial charge in [-0.1, -0.05) is 13.5 Å². The molecule has 0 aromatic carbocycles. The number of Topliss-reactive ketones (excluding diaryl/α,β-unsaturated/α-hetero) is 1. The third-order valence-corrected chi connectivity index (χ3v) is 1.22. The number of carbonyl (C=O) groups is 1. The van der Waals surface area contributed by atoms with Crippen molar-refractivity contribution in [3.63, 3.8) is 0 Å². The highest BCUT2D eigenvalue weighted by Crippen LogP contribution is 2.08. The molecule has 0 saturated carbocycles. The Morgan fingerprint density at radius 1 is 1.80 bits per heavy atom. The first kappa shape index (κ1) is 9.14. The number of hydrogen-bond acceptors (Lipinski definition) is 2. The molecule has 0 aromatic heterocycles. The maximum atomic E-state index is 11.6. The fraction of sp³-hybridized carbons (Fsp3) is 0.571. The molecule has 0 saturated heterocycles. The van der Waals surface area contributed by atoms with Crippen molar-refractivity contribution in [3.05, 3.63) is 12.3 Å². The van der Waals surface area contributed by atoms with Gasteiger partial charge < -0.3 is 5.11 Å². The van der Waals surface area contributed by atoms with Crippen LogP contribution < -0.4 is 0 Å². The smallest absolute Gasteiger partial charge is 0.167 e. The molecule has 0 aliphatic heterocycles. The third kappa shape index (κ3) is 3.22. The third-order valence-electron chi connectivity index (χ3n) is 1.22. The van der Waals surface area contributed by atoms with Gasteiger partial charge in [0.1, 0.15) is 6.67 Å². The highest BCUT2D eigenvalue weighted by Gasteiger charge is 2.12. The molecule has 58 valence electrons. The Kier molecular flexibility index (Phi) is 3.69. The minimum Gasteiger partial charge on any atom is -0.513 e. The molecular weight excluding hydrogens is 135 g/mol. The number of aliphatic hydroxyl groups is 1. The highest BCUT2D eigenvalue weighted by atomic mass is 19.1. The largest absolute Gasteiger partial charge is 0.513 e. The van der Waals surface area contributed by atoms with E-state index in [1.54, 1.807) is 6.92 Å². The molecule has 3 heteroatoms. The average Bonchev–Trinajstić information content (AvgIpc) is 1.85. The van der Waals surface area contributed by atoms with Gasteiger partial charge in [0.25, 0.3) is 0 Å². The van der Waals surface area contributed by atoms with Crippen LogP contribution in [0.1, 0.15) is 13.3 Å². The van der Waals surface area contributed by atoms with E-state index in [0.29, 0.717) is 0 Å². The van der Waals surface area contributed by atoms with E-state index in [1.165, 1.54) is 0 Å². The van der Waals surface area contributed by atoms with Crippen LogP contribution in [0.15, 0.2) is 12.3 Å². The van der Waals surface area contributed by atoms with Crippen molar-refractivity contribution < 1.29 is 14.3 Å². The van der Waals surface area contributed by atoms with E-state index < -0.39 is 18.4 Å². The standard InChI is InChI=1S/C7H11FO2/c1-5(3-6(2)9)7(10)4-8/h5,9H,2-4H2,1H3. The van der Waals surface area contributed by atoms with Gasteiger partial charge in [-0.15, -0.1) is 0 Å². The van der Waals surface area contributed by atoms with Crippen LogP contribution in [-0.2, 0) is 4.79 Å². The maximum Gasteiger partial charge on any atom is 0.167 e. The highest BCUT2D eigenvalue weighted by molar-refractivity contribution is 5.81. The van der Waals surface area contributed by atoms with Crippen molar-refractivity contribution in [1.82, 2.24) is 0 Å². The van der Waals surface area contributed by atoms with Crippen LogP contribution in [0, 0.1) is 5.92 Å². The first-order valence-corrected chi connectivity index (χ1v) is 3.03. The molecule has 0 aliphatic carbocycles. The summed E-state index contributed by atoms with van der Waals surface area (Å²) < 4.78 is 11.6. The second-order valence-corrected chi connectivity index (χ2v) is 2.27. The number of carbonyl (C=O) groups excluding carboxylic acids is 1. The van der Waals surface area contributed by atoms with Crippen molar-refractivity contribution in [2.24, 2.45) is 5.92 Å². The van der Waals surface area contributed by atoms with Gasteiger partial charge >= 0.3 is 0 Å². The number of ketones is 1. The molecule has 0 aromatic rings. The molecule has 0 amide bonds. The fourth-order valence-electron chi connectivity index (χ4n) is 0.599. The fourth-order valence-corrected chi connectivity index (χ4v) is 0.599. The summed E-state index contributed by atoms with van der Waals surface area (Å²) in [6.07, 6.45) is 0.156. The monoisotopic (exact) mass is 146 g/mol.